The molecule has 0 spiro atoms. The number of hydrogen-bond donors (Lipinski definition) is 1. The molecule has 0 bridgehead atoms. The van der Waals surface area contributed by atoms with Crippen molar-refractivity contribution >= 4 is 17.6 Å². The molecule has 0 aliphatic carbocycles. The SMILES string of the molecule is CCC(=O)OCC(=O)Nc1ccc(C(F)(F)F)cc1. The monoisotopic (exact) mass is 275 g/mol. The normalized spacial score (nSPS) is 10.9. The topological polar surface area (TPSA) is 55.4 Å². The van der Waals surface area contributed by atoms with Crippen LogP contribution in [0.3, 0.4) is 0 Å². The summed E-state index contributed by atoms with van der Waals surface area (Å²) in [6.45, 7) is 1.11. The quantitative estimate of drug-likeness (QED) is 0.859. The summed E-state index contributed by atoms with van der Waals surface area (Å²) in [6, 6.07) is 3.96. The van der Waals surface area contributed by atoms with E-state index in [1.54, 1.807) is 6.92 Å². The molecule has 0 fully saturated rings. The molecule has 0 atom stereocenters. The Labute approximate surface area is 107 Å². The molecular formula is C12H12F3NO3. The van der Waals surface area contributed by atoms with Crippen LogP contribution in [-0.4, -0.2) is 18.5 Å². The lowest BCUT2D eigenvalue weighted by atomic mass is 10.2. The van der Waals surface area contributed by atoms with Gasteiger partial charge in [0.2, 0.25) is 0 Å². The fourth-order valence-electron chi connectivity index (χ4n) is 1.19. The van der Waals surface area contributed by atoms with Gasteiger partial charge < -0.3 is 10.1 Å². The Bertz CT molecular complexity index is 454. The predicted octanol–water partition coefficient (Wildman–Crippen LogP) is 2.60. The number of ether oxygens (including phenoxy) is 1. The van der Waals surface area contributed by atoms with Crippen molar-refractivity contribution in [2.24, 2.45) is 0 Å². The average Bonchev–Trinajstić information content (AvgIpc) is 2.35. The van der Waals surface area contributed by atoms with E-state index in [2.05, 4.69) is 10.1 Å². The van der Waals surface area contributed by atoms with Gasteiger partial charge in [0.05, 0.1) is 5.56 Å². The lowest BCUT2D eigenvalue weighted by Gasteiger charge is -2.09. The molecule has 4 nitrogen and oxygen atoms in total. The van der Waals surface area contributed by atoms with Gasteiger partial charge in [0, 0.05) is 12.1 Å². The summed E-state index contributed by atoms with van der Waals surface area (Å²) >= 11 is 0. The van der Waals surface area contributed by atoms with E-state index in [0.717, 1.165) is 24.3 Å². The first-order valence-corrected chi connectivity index (χ1v) is 5.45. The number of nitrogens with one attached hydrogen (secondary N) is 1. The minimum Gasteiger partial charge on any atom is -0.456 e. The summed E-state index contributed by atoms with van der Waals surface area (Å²) < 4.78 is 41.4. The molecule has 1 N–H and O–H groups in total. The van der Waals surface area contributed by atoms with Gasteiger partial charge in [-0.1, -0.05) is 6.92 Å². The van der Waals surface area contributed by atoms with Gasteiger partial charge in [-0.15, -0.1) is 0 Å². The molecule has 0 radical (unpaired) electrons. The molecule has 0 aromatic heterocycles. The molecule has 1 rings (SSSR count). The highest BCUT2D eigenvalue weighted by atomic mass is 19.4. The van der Waals surface area contributed by atoms with E-state index in [1.165, 1.54) is 0 Å². The second kappa shape index (κ2) is 6.21. The zero-order chi connectivity index (χ0) is 14.5. The van der Waals surface area contributed by atoms with Gasteiger partial charge in [-0.2, -0.15) is 13.2 Å². The van der Waals surface area contributed by atoms with Crippen LogP contribution in [0.1, 0.15) is 18.9 Å². The van der Waals surface area contributed by atoms with Crippen LogP contribution in [0, 0.1) is 0 Å². The number of benzene rings is 1. The van der Waals surface area contributed by atoms with Crippen LogP contribution in [-0.2, 0) is 20.5 Å². The Hall–Kier alpha value is -2.05. The maximum absolute atomic E-state index is 12.3. The van der Waals surface area contributed by atoms with Crippen molar-refractivity contribution in [3.63, 3.8) is 0 Å². The van der Waals surface area contributed by atoms with Gasteiger partial charge in [0.25, 0.3) is 5.91 Å². The Morgan fingerprint density at radius 2 is 1.79 bits per heavy atom. The van der Waals surface area contributed by atoms with Crippen molar-refractivity contribution in [3.8, 4) is 0 Å². The maximum atomic E-state index is 12.3. The number of amides is 1. The van der Waals surface area contributed by atoms with Crippen molar-refractivity contribution in [2.45, 2.75) is 19.5 Å². The Morgan fingerprint density at radius 3 is 2.26 bits per heavy atom. The first kappa shape index (κ1) is 15.0. The third kappa shape index (κ3) is 4.99. The van der Waals surface area contributed by atoms with E-state index < -0.39 is 30.2 Å². The lowest BCUT2D eigenvalue weighted by Crippen LogP contribution is -2.20. The third-order valence-electron chi connectivity index (χ3n) is 2.15. The Morgan fingerprint density at radius 1 is 1.21 bits per heavy atom. The maximum Gasteiger partial charge on any atom is 0.416 e. The van der Waals surface area contributed by atoms with Crippen molar-refractivity contribution in [2.75, 3.05) is 11.9 Å². The van der Waals surface area contributed by atoms with Crippen LogP contribution in [0.2, 0.25) is 0 Å². The molecule has 1 aromatic carbocycles. The molecule has 0 unspecified atom stereocenters. The van der Waals surface area contributed by atoms with Gasteiger partial charge in [-0.3, -0.25) is 9.59 Å². The number of alkyl halides is 3. The number of hydrogen-bond acceptors (Lipinski definition) is 3. The van der Waals surface area contributed by atoms with Crippen LogP contribution in [0.25, 0.3) is 0 Å². The van der Waals surface area contributed by atoms with Gasteiger partial charge in [0.15, 0.2) is 6.61 Å². The van der Waals surface area contributed by atoms with Crippen molar-refractivity contribution in [1.82, 2.24) is 0 Å². The van der Waals surface area contributed by atoms with Crippen molar-refractivity contribution in [3.05, 3.63) is 29.8 Å². The molecule has 104 valence electrons. The van der Waals surface area contributed by atoms with Crippen LogP contribution in [0.5, 0.6) is 0 Å². The molecule has 0 aliphatic heterocycles. The summed E-state index contributed by atoms with van der Waals surface area (Å²) in [5, 5.41) is 2.32. The minimum absolute atomic E-state index is 0.146. The number of carbonyl (C=O) groups is 2. The van der Waals surface area contributed by atoms with Gasteiger partial charge in [-0.05, 0) is 24.3 Å². The molecule has 19 heavy (non-hydrogen) atoms. The van der Waals surface area contributed by atoms with E-state index in [1.807, 2.05) is 0 Å². The van der Waals surface area contributed by atoms with Crippen LogP contribution < -0.4 is 5.32 Å². The summed E-state index contributed by atoms with van der Waals surface area (Å²) in [7, 11) is 0. The van der Waals surface area contributed by atoms with Crippen LogP contribution in [0.4, 0.5) is 18.9 Å². The zero-order valence-corrected chi connectivity index (χ0v) is 10.1. The predicted molar refractivity (Wildman–Crippen MR) is 61.3 cm³/mol. The van der Waals surface area contributed by atoms with E-state index >= 15 is 0 Å². The zero-order valence-electron chi connectivity index (χ0n) is 10.1. The Balaban J connectivity index is 2.54. The number of rotatable bonds is 4. The number of carbonyl (C=O) groups excluding carboxylic acids is 2. The summed E-state index contributed by atoms with van der Waals surface area (Å²) in [5.74, 6) is -1.14. The lowest BCUT2D eigenvalue weighted by molar-refractivity contribution is -0.146. The fourth-order valence-corrected chi connectivity index (χ4v) is 1.19. The van der Waals surface area contributed by atoms with Gasteiger partial charge >= 0.3 is 12.1 Å². The third-order valence-corrected chi connectivity index (χ3v) is 2.15. The average molecular weight is 275 g/mol. The van der Waals surface area contributed by atoms with Gasteiger partial charge in [-0.25, -0.2) is 0 Å². The molecule has 1 amide bonds. The first-order valence-electron chi connectivity index (χ1n) is 5.45. The molecule has 1 aromatic rings. The largest absolute Gasteiger partial charge is 0.456 e. The Kier molecular flexibility index (Phi) is 4.91. The standard InChI is InChI=1S/C12H12F3NO3/c1-2-11(18)19-7-10(17)16-9-5-3-8(4-6-9)12(13,14)15/h3-6H,2,7H2,1H3,(H,16,17). The molecule has 0 saturated carbocycles. The highest BCUT2D eigenvalue weighted by molar-refractivity contribution is 5.92. The van der Waals surface area contributed by atoms with E-state index in [9.17, 15) is 22.8 Å². The van der Waals surface area contributed by atoms with E-state index in [4.69, 9.17) is 0 Å². The molecule has 0 heterocycles. The summed E-state index contributed by atoms with van der Waals surface area (Å²) in [6.07, 6.45) is -4.27. The first-order chi connectivity index (χ1) is 8.82. The number of anilines is 1. The second-order valence-electron chi connectivity index (χ2n) is 3.64. The molecule has 7 heteroatoms. The van der Waals surface area contributed by atoms with Crippen LogP contribution in [0.15, 0.2) is 24.3 Å². The van der Waals surface area contributed by atoms with E-state index in [0.29, 0.717) is 0 Å². The van der Waals surface area contributed by atoms with Gasteiger partial charge in [0.1, 0.15) is 0 Å². The fraction of sp³-hybridized carbons (Fsp3) is 0.333. The van der Waals surface area contributed by atoms with E-state index in [-0.39, 0.29) is 12.1 Å². The highest BCUT2D eigenvalue weighted by Gasteiger charge is 2.29. The summed E-state index contributed by atoms with van der Waals surface area (Å²) in [5.41, 5.74) is -0.603. The van der Waals surface area contributed by atoms with Crippen LogP contribution >= 0.6 is 0 Å². The minimum atomic E-state index is -4.42. The highest BCUT2D eigenvalue weighted by Crippen LogP contribution is 2.29. The second-order valence-corrected chi connectivity index (χ2v) is 3.64. The molecule has 0 saturated heterocycles. The molecule has 0 aliphatic rings. The smallest absolute Gasteiger partial charge is 0.416 e. The van der Waals surface area contributed by atoms with Crippen molar-refractivity contribution in [1.29, 1.82) is 0 Å². The number of halogens is 3. The molecular weight excluding hydrogens is 263 g/mol. The number of esters is 1. The van der Waals surface area contributed by atoms with Crippen molar-refractivity contribution < 1.29 is 27.5 Å². The summed E-state index contributed by atoms with van der Waals surface area (Å²) in [4.78, 5) is 22.1.